The van der Waals surface area contributed by atoms with Gasteiger partial charge >= 0.3 is 0 Å². The molecule has 1 saturated carbocycles. The normalized spacial score (nSPS) is 38.9. The summed E-state index contributed by atoms with van der Waals surface area (Å²) in [6.07, 6.45) is 2.84. The van der Waals surface area contributed by atoms with Crippen molar-refractivity contribution in [3.05, 3.63) is 0 Å². The fourth-order valence-corrected chi connectivity index (χ4v) is 3.95. The molecule has 2 fully saturated rings. The van der Waals surface area contributed by atoms with E-state index in [1.165, 1.54) is 0 Å². The highest BCUT2D eigenvalue weighted by molar-refractivity contribution is 6.30. The van der Waals surface area contributed by atoms with E-state index in [0.717, 1.165) is 38.9 Å². The summed E-state index contributed by atoms with van der Waals surface area (Å²) in [4.78, 5) is 2.36. The van der Waals surface area contributed by atoms with Gasteiger partial charge in [-0.15, -0.1) is 23.2 Å². The predicted molar refractivity (Wildman–Crippen MR) is 82.3 cm³/mol. The minimum atomic E-state index is -0.355. The molecule has 1 aliphatic heterocycles. The van der Waals surface area contributed by atoms with Crippen molar-refractivity contribution >= 4 is 23.2 Å². The molecule has 2 aliphatic rings. The summed E-state index contributed by atoms with van der Waals surface area (Å²) in [6.45, 7) is 3.43. The molecule has 0 bridgehead atoms. The Morgan fingerprint density at radius 2 is 1.75 bits per heavy atom. The summed E-state index contributed by atoms with van der Waals surface area (Å²) >= 11 is 12.3. The van der Waals surface area contributed by atoms with Gasteiger partial charge in [0.25, 0.3) is 0 Å². The SMILES string of the molecule is NCC1(CO)CCN(CC2CC(Cl)C(Cl)CC2O)CC1. The molecule has 4 N–H and O–H groups in total. The number of hydrogen-bond donors (Lipinski definition) is 3. The molecule has 2 rings (SSSR count). The molecule has 1 aliphatic carbocycles. The zero-order chi connectivity index (χ0) is 14.8. The zero-order valence-corrected chi connectivity index (χ0v) is 13.4. The van der Waals surface area contributed by atoms with Crippen LogP contribution in [0.1, 0.15) is 25.7 Å². The molecule has 4 atom stereocenters. The van der Waals surface area contributed by atoms with Crippen molar-refractivity contribution in [3.63, 3.8) is 0 Å². The van der Waals surface area contributed by atoms with Crippen molar-refractivity contribution in [2.24, 2.45) is 17.1 Å². The lowest BCUT2D eigenvalue weighted by molar-refractivity contribution is 0.0141. The summed E-state index contributed by atoms with van der Waals surface area (Å²) in [5.74, 6) is 0.201. The van der Waals surface area contributed by atoms with E-state index < -0.39 is 0 Å². The average Bonchev–Trinajstić information content (AvgIpc) is 2.46. The van der Waals surface area contributed by atoms with Crippen molar-refractivity contribution in [1.82, 2.24) is 4.90 Å². The van der Waals surface area contributed by atoms with Gasteiger partial charge in [-0.25, -0.2) is 0 Å². The van der Waals surface area contributed by atoms with E-state index in [0.29, 0.717) is 13.0 Å². The number of aliphatic hydroxyl groups is 2. The smallest absolute Gasteiger partial charge is 0.0595 e. The van der Waals surface area contributed by atoms with Crippen molar-refractivity contribution in [2.75, 3.05) is 32.8 Å². The molecular weight excluding hydrogens is 299 g/mol. The number of halogens is 2. The second kappa shape index (κ2) is 7.12. The van der Waals surface area contributed by atoms with Gasteiger partial charge in [-0.3, -0.25) is 0 Å². The van der Waals surface area contributed by atoms with E-state index in [2.05, 4.69) is 4.90 Å². The maximum absolute atomic E-state index is 10.2. The Morgan fingerprint density at radius 3 is 2.30 bits per heavy atom. The van der Waals surface area contributed by atoms with E-state index in [1.54, 1.807) is 0 Å². The summed E-state index contributed by atoms with van der Waals surface area (Å²) in [6, 6.07) is 0. The number of rotatable bonds is 4. The van der Waals surface area contributed by atoms with Gasteiger partial charge in [0.1, 0.15) is 0 Å². The molecular formula is C14H26Cl2N2O2. The van der Waals surface area contributed by atoms with Gasteiger partial charge in [0.2, 0.25) is 0 Å². The summed E-state index contributed by atoms with van der Waals surface area (Å²) in [5, 5.41) is 19.5. The third-order valence-electron chi connectivity index (χ3n) is 5.11. The lowest BCUT2D eigenvalue weighted by Gasteiger charge is -2.43. The second-order valence-electron chi connectivity index (χ2n) is 6.49. The highest BCUT2D eigenvalue weighted by Crippen LogP contribution is 2.34. The number of nitrogens with zero attached hydrogens (tertiary/aromatic N) is 1. The van der Waals surface area contributed by atoms with Crippen LogP contribution in [0.4, 0.5) is 0 Å². The first-order valence-corrected chi connectivity index (χ1v) is 8.36. The van der Waals surface area contributed by atoms with E-state index in [1.807, 2.05) is 0 Å². The molecule has 0 aromatic heterocycles. The molecule has 0 spiro atoms. The highest BCUT2D eigenvalue weighted by atomic mass is 35.5. The number of nitrogens with two attached hydrogens (primary N) is 1. The minimum absolute atomic E-state index is 0.0459. The molecule has 6 heteroatoms. The molecule has 0 amide bonds. The highest BCUT2D eigenvalue weighted by Gasteiger charge is 2.37. The third kappa shape index (κ3) is 3.79. The summed E-state index contributed by atoms with van der Waals surface area (Å²) in [5.41, 5.74) is 5.68. The Balaban J connectivity index is 1.83. The van der Waals surface area contributed by atoms with Crippen LogP contribution in [0, 0.1) is 11.3 Å². The molecule has 118 valence electrons. The number of alkyl halides is 2. The molecule has 0 radical (unpaired) electrons. The molecule has 20 heavy (non-hydrogen) atoms. The first kappa shape index (κ1) is 16.8. The quantitative estimate of drug-likeness (QED) is 0.675. The number of hydrogen-bond acceptors (Lipinski definition) is 4. The van der Waals surface area contributed by atoms with Gasteiger partial charge in [0, 0.05) is 25.1 Å². The van der Waals surface area contributed by atoms with Crippen LogP contribution in [-0.2, 0) is 0 Å². The predicted octanol–water partition coefficient (Wildman–Crippen LogP) is 1.01. The largest absolute Gasteiger partial charge is 0.396 e. The molecule has 1 heterocycles. The molecule has 4 nitrogen and oxygen atoms in total. The van der Waals surface area contributed by atoms with Crippen molar-refractivity contribution in [2.45, 2.75) is 42.5 Å². The number of aliphatic hydroxyl groups excluding tert-OH is 2. The van der Waals surface area contributed by atoms with Gasteiger partial charge in [-0.1, -0.05) is 0 Å². The second-order valence-corrected chi connectivity index (χ2v) is 7.61. The van der Waals surface area contributed by atoms with E-state index in [9.17, 15) is 10.2 Å². The van der Waals surface area contributed by atoms with Gasteiger partial charge in [-0.05, 0) is 44.7 Å². The van der Waals surface area contributed by atoms with E-state index >= 15 is 0 Å². The Bertz CT molecular complexity index is 306. The molecule has 1 saturated heterocycles. The Kier molecular flexibility index (Phi) is 5.98. The van der Waals surface area contributed by atoms with Crippen LogP contribution in [0.2, 0.25) is 0 Å². The van der Waals surface area contributed by atoms with E-state index in [4.69, 9.17) is 28.9 Å². The molecule has 4 unspecified atom stereocenters. The zero-order valence-electron chi connectivity index (χ0n) is 11.8. The van der Waals surface area contributed by atoms with Gasteiger partial charge in [0.15, 0.2) is 0 Å². The molecule has 0 aromatic carbocycles. The number of piperidine rings is 1. The first-order valence-electron chi connectivity index (χ1n) is 7.49. The first-order chi connectivity index (χ1) is 9.49. The van der Waals surface area contributed by atoms with Gasteiger partial charge < -0.3 is 20.8 Å². The van der Waals surface area contributed by atoms with Crippen LogP contribution >= 0.6 is 23.2 Å². The van der Waals surface area contributed by atoms with Crippen LogP contribution < -0.4 is 5.73 Å². The maximum Gasteiger partial charge on any atom is 0.0595 e. The van der Waals surface area contributed by atoms with Crippen LogP contribution in [-0.4, -0.2) is 64.8 Å². The fourth-order valence-electron chi connectivity index (χ4n) is 3.33. The Labute approximate surface area is 131 Å². The standard InChI is InChI=1S/C14H26Cl2N2O2/c15-11-5-10(13(20)6-12(11)16)7-18-3-1-14(8-17,9-19)2-4-18/h10-13,19-20H,1-9,17H2. The number of likely N-dealkylation sites (tertiary alicyclic amines) is 1. The molecule has 0 aromatic rings. The van der Waals surface area contributed by atoms with Crippen LogP contribution in [0.5, 0.6) is 0 Å². The van der Waals surface area contributed by atoms with Crippen LogP contribution in [0.25, 0.3) is 0 Å². The van der Waals surface area contributed by atoms with Crippen LogP contribution in [0.15, 0.2) is 0 Å². The minimum Gasteiger partial charge on any atom is -0.396 e. The lowest BCUT2D eigenvalue weighted by atomic mass is 9.78. The third-order valence-corrected chi connectivity index (χ3v) is 6.20. The van der Waals surface area contributed by atoms with Gasteiger partial charge in [0.05, 0.1) is 16.9 Å². The van der Waals surface area contributed by atoms with Crippen molar-refractivity contribution < 1.29 is 10.2 Å². The van der Waals surface area contributed by atoms with Crippen LogP contribution in [0.3, 0.4) is 0 Å². The van der Waals surface area contributed by atoms with Gasteiger partial charge in [-0.2, -0.15) is 0 Å². The maximum atomic E-state index is 10.2. The Hall–Kier alpha value is 0.420. The Morgan fingerprint density at radius 1 is 1.15 bits per heavy atom. The lowest BCUT2D eigenvalue weighted by Crippen LogP contribution is -2.49. The summed E-state index contributed by atoms with van der Waals surface area (Å²) < 4.78 is 0. The average molecular weight is 325 g/mol. The monoisotopic (exact) mass is 324 g/mol. The summed E-state index contributed by atoms with van der Waals surface area (Å²) in [7, 11) is 0. The topological polar surface area (TPSA) is 69.7 Å². The fraction of sp³-hybridized carbons (Fsp3) is 1.00. The van der Waals surface area contributed by atoms with Crippen molar-refractivity contribution in [3.8, 4) is 0 Å². The van der Waals surface area contributed by atoms with Crippen molar-refractivity contribution in [1.29, 1.82) is 0 Å². The van der Waals surface area contributed by atoms with E-state index in [-0.39, 0.29) is 34.8 Å².